The Morgan fingerprint density at radius 2 is 1.52 bits per heavy atom. The van der Waals surface area contributed by atoms with E-state index in [0.29, 0.717) is 17.4 Å². The van der Waals surface area contributed by atoms with Gasteiger partial charge in [0.05, 0.1) is 14.2 Å². The first-order valence-electron chi connectivity index (χ1n) is 7.14. The number of rotatable bonds is 5. The molecule has 1 aliphatic carbocycles. The number of aldehydes is 1. The van der Waals surface area contributed by atoms with E-state index in [4.69, 9.17) is 9.47 Å². The van der Waals surface area contributed by atoms with Gasteiger partial charge in [-0.05, 0) is 23.1 Å². The Morgan fingerprint density at radius 3 is 2.04 bits per heavy atom. The van der Waals surface area contributed by atoms with Crippen molar-refractivity contribution in [3.8, 4) is 0 Å². The van der Waals surface area contributed by atoms with E-state index in [1.54, 1.807) is 6.08 Å². The fourth-order valence-corrected chi connectivity index (χ4v) is 2.75. The summed E-state index contributed by atoms with van der Waals surface area (Å²) < 4.78 is 9.52. The molecule has 2 rings (SSSR count). The number of carbonyl (C=O) groups excluding carboxylic acids is 3. The lowest BCUT2D eigenvalue weighted by atomic mass is 9.83. The van der Waals surface area contributed by atoms with E-state index in [1.807, 2.05) is 36.4 Å². The fourth-order valence-electron chi connectivity index (χ4n) is 2.75. The molecule has 0 amide bonds. The van der Waals surface area contributed by atoms with Crippen LogP contribution in [0.15, 0.2) is 47.6 Å². The lowest BCUT2D eigenvalue weighted by Crippen LogP contribution is -2.39. The maximum absolute atomic E-state index is 12.1. The number of esters is 2. The predicted molar refractivity (Wildman–Crippen MR) is 84.3 cm³/mol. The summed E-state index contributed by atoms with van der Waals surface area (Å²) in [5, 5.41) is 0. The molecule has 1 aromatic rings. The average Bonchev–Trinajstić information content (AvgIpc) is 2.99. The normalized spacial score (nSPS) is 16.4. The number of carbonyl (C=O) groups is 3. The summed E-state index contributed by atoms with van der Waals surface area (Å²) in [5.74, 6) is -1.38. The molecule has 0 N–H and O–H groups in total. The van der Waals surface area contributed by atoms with Gasteiger partial charge in [-0.25, -0.2) is 0 Å². The number of methoxy groups -OCH3 is 2. The van der Waals surface area contributed by atoms with Gasteiger partial charge in [0.25, 0.3) is 0 Å². The minimum atomic E-state index is -1.48. The molecule has 0 aromatic heterocycles. The van der Waals surface area contributed by atoms with Crippen LogP contribution in [0.4, 0.5) is 0 Å². The summed E-state index contributed by atoms with van der Waals surface area (Å²) >= 11 is 0. The van der Waals surface area contributed by atoms with Crippen LogP contribution in [0.1, 0.15) is 18.4 Å². The molecule has 0 saturated heterocycles. The van der Waals surface area contributed by atoms with Crippen LogP contribution in [0.5, 0.6) is 0 Å². The summed E-state index contributed by atoms with van der Waals surface area (Å²) in [6, 6.07) is 9.54. The molecule has 23 heavy (non-hydrogen) atoms. The molecule has 1 aromatic carbocycles. The minimum absolute atomic E-state index is 0.00961. The van der Waals surface area contributed by atoms with Crippen molar-refractivity contribution in [1.82, 2.24) is 0 Å². The van der Waals surface area contributed by atoms with Crippen LogP contribution >= 0.6 is 0 Å². The lowest BCUT2D eigenvalue weighted by Gasteiger charge is -2.23. The smallest absolute Gasteiger partial charge is 0.323 e. The lowest BCUT2D eigenvalue weighted by molar-refractivity contribution is -0.168. The number of allylic oxidation sites excluding steroid dienone is 3. The third-order valence-electron chi connectivity index (χ3n) is 3.97. The van der Waals surface area contributed by atoms with Gasteiger partial charge in [-0.15, -0.1) is 0 Å². The van der Waals surface area contributed by atoms with Crippen molar-refractivity contribution in [2.75, 3.05) is 14.2 Å². The molecule has 0 atom stereocenters. The number of benzene rings is 1. The van der Waals surface area contributed by atoms with E-state index >= 15 is 0 Å². The SMILES string of the molecule is COC(=O)C1(C(=O)OC)CC(C=O)=C(/C=C/c2ccccc2)C1. The second kappa shape index (κ2) is 7.05. The molecule has 120 valence electrons. The van der Waals surface area contributed by atoms with Gasteiger partial charge in [-0.3, -0.25) is 14.4 Å². The minimum Gasteiger partial charge on any atom is -0.468 e. The highest BCUT2D eigenvalue weighted by atomic mass is 16.5. The zero-order valence-corrected chi connectivity index (χ0v) is 13.1. The quantitative estimate of drug-likeness (QED) is 0.474. The molecule has 0 radical (unpaired) electrons. The van der Waals surface area contributed by atoms with Gasteiger partial charge >= 0.3 is 11.9 Å². The summed E-state index contributed by atoms with van der Waals surface area (Å²) in [6.45, 7) is 0. The third kappa shape index (κ3) is 3.23. The molecule has 0 heterocycles. The third-order valence-corrected chi connectivity index (χ3v) is 3.97. The zero-order valence-electron chi connectivity index (χ0n) is 13.1. The maximum atomic E-state index is 12.1. The van der Waals surface area contributed by atoms with Crippen molar-refractivity contribution < 1.29 is 23.9 Å². The van der Waals surface area contributed by atoms with Crippen molar-refractivity contribution in [2.45, 2.75) is 12.8 Å². The summed E-state index contributed by atoms with van der Waals surface area (Å²) in [4.78, 5) is 35.6. The van der Waals surface area contributed by atoms with Gasteiger partial charge < -0.3 is 9.47 Å². The van der Waals surface area contributed by atoms with Gasteiger partial charge in [-0.2, -0.15) is 0 Å². The Labute approximate surface area is 134 Å². The number of hydrogen-bond donors (Lipinski definition) is 0. The molecule has 0 bridgehead atoms. The Bertz CT molecular complexity index is 654. The van der Waals surface area contributed by atoms with Crippen LogP contribution < -0.4 is 0 Å². The van der Waals surface area contributed by atoms with E-state index in [1.165, 1.54) is 14.2 Å². The van der Waals surface area contributed by atoms with Gasteiger partial charge in [0.2, 0.25) is 0 Å². The molecule has 1 aliphatic rings. The highest BCUT2D eigenvalue weighted by molar-refractivity contribution is 6.03. The summed E-state index contributed by atoms with van der Waals surface area (Å²) in [6.07, 6.45) is 4.35. The highest BCUT2D eigenvalue weighted by Gasteiger charge is 2.52. The first-order chi connectivity index (χ1) is 11.1. The van der Waals surface area contributed by atoms with Gasteiger partial charge in [0.1, 0.15) is 6.29 Å². The van der Waals surface area contributed by atoms with Gasteiger partial charge in [-0.1, -0.05) is 42.5 Å². The molecule has 0 saturated carbocycles. The molecule has 0 spiro atoms. The molecular weight excluding hydrogens is 296 g/mol. The maximum Gasteiger partial charge on any atom is 0.323 e. The van der Waals surface area contributed by atoms with E-state index in [0.717, 1.165) is 5.56 Å². The van der Waals surface area contributed by atoms with Crippen LogP contribution in [-0.2, 0) is 23.9 Å². The van der Waals surface area contributed by atoms with E-state index in [9.17, 15) is 14.4 Å². The Hall–Kier alpha value is -2.69. The van der Waals surface area contributed by atoms with E-state index < -0.39 is 17.4 Å². The van der Waals surface area contributed by atoms with Crippen LogP contribution in [-0.4, -0.2) is 32.4 Å². The molecule has 0 aliphatic heterocycles. The van der Waals surface area contributed by atoms with Crippen LogP contribution in [0.25, 0.3) is 6.08 Å². The van der Waals surface area contributed by atoms with Crippen molar-refractivity contribution in [3.63, 3.8) is 0 Å². The van der Waals surface area contributed by atoms with Crippen molar-refractivity contribution >= 4 is 24.3 Å². The Morgan fingerprint density at radius 1 is 0.957 bits per heavy atom. The Balaban J connectivity index is 2.33. The number of hydrogen-bond acceptors (Lipinski definition) is 5. The molecular formula is C18H18O5. The average molecular weight is 314 g/mol. The molecule has 5 heteroatoms. The van der Waals surface area contributed by atoms with Gasteiger partial charge in [0, 0.05) is 6.42 Å². The number of ether oxygens (including phenoxy) is 2. The molecule has 0 fully saturated rings. The molecule has 0 unspecified atom stereocenters. The highest BCUT2D eigenvalue weighted by Crippen LogP contribution is 2.44. The van der Waals surface area contributed by atoms with Crippen LogP contribution in [0, 0.1) is 5.41 Å². The first-order valence-corrected chi connectivity index (χ1v) is 7.14. The Kier molecular flexibility index (Phi) is 5.11. The van der Waals surface area contributed by atoms with Crippen LogP contribution in [0.2, 0.25) is 0 Å². The monoisotopic (exact) mass is 314 g/mol. The van der Waals surface area contributed by atoms with Crippen LogP contribution in [0.3, 0.4) is 0 Å². The predicted octanol–water partition coefficient (Wildman–Crippen LogP) is 2.32. The van der Waals surface area contributed by atoms with E-state index in [-0.39, 0.29) is 12.8 Å². The summed E-state index contributed by atoms with van der Waals surface area (Å²) in [7, 11) is 2.43. The second-order valence-electron chi connectivity index (χ2n) is 5.33. The van der Waals surface area contributed by atoms with Gasteiger partial charge in [0.15, 0.2) is 5.41 Å². The molecule has 5 nitrogen and oxygen atoms in total. The topological polar surface area (TPSA) is 69.7 Å². The van der Waals surface area contributed by atoms with E-state index in [2.05, 4.69) is 0 Å². The van der Waals surface area contributed by atoms with Crippen molar-refractivity contribution in [3.05, 3.63) is 53.1 Å². The fraction of sp³-hybridized carbons (Fsp3) is 0.278. The standard InChI is InChI=1S/C18H18O5/c1-22-16(20)18(17(21)23-2)10-14(15(11-18)12-19)9-8-13-6-4-3-5-7-13/h3-9,12H,10-11H2,1-2H3/b9-8+. The van der Waals surface area contributed by atoms with Crippen molar-refractivity contribution in [1.29, 1.82) is 0 Å². The first kappa shape index (κ1) is 16.7. The largest absolute Gasteiger partial charge is 0.468 e. The zero-order chi connectivity index (χ0) is 16.9. The summed E-state index contributed by atoms with van der Waals surface area (Å²) in [5.41, 5.74) is 0.530. The second-order valence-corrected chi connectivity index (χ2v) is 5.33. The van der Waals surface area contributed by atoms with Crippen molar-refractivity contribution in [2.24, 2.45) is 5.41 Å².